The van der Waals surface area contributed by atoms with Crippen molar-refractivity contribution in [3.05, 3.63) is 282 Å². The fourth-order valence-electron chi connectivity index (χ4n) is 13.3. The van der Waals surface area contributed by atoms with Crippen LogP contribution in [0.3, 0.4) is 0 Å². The number of benzene rings is 12. The number of rotatable bonds is 9. The normalized spacial score (nSPS) is 12.9. The van der Waals surface area contributed by atoms with Crippen LogP contribution >= 0.6 is 0 Å². The number of phenols is 1. The molecule has 1 spiro atoms. The molecule has 4 nitrogen and oxygen atoms in total. The third kappa shape index (κ3) is 7.07. The second-order valence-corrected chi connectivity index (χ2v) is 22.1. The number of aromatic hydroxyl groups is 1. The Hall–Kier alpha value is -9.64. The smallest absolute Gasteiger partial charge is 0.159 e. The molecule has 1 N–H and O–H groups in total. The summed E-state index contributed by atoms with van der Waals surface area (Å²) in [7, 11) is 0. The predicted octanol–water partition coefficient (Wildman–Crippen LogP) is 20.8. The predicted molar refractivity (Wildman–Crippen MR) is 330 cm³/mol. The van der Waals surface area contributed by atoms with Crippen molar-refractivity contribution in [1.29, 1.82) is 0 Å². The largest absolute Gasteiger partial charge is 0.507 e. The van der Waals surface area contributed by atoms with Gasteiger partial charge < -0.3 is 19.3 Å². The molecule has 13 aromatic rings. The van der Waals surface area contributed by atoms with E-state index in [1.165, 1.54) is 66.4 Å². The van der Waals surface area contributed by atoms with Crippen molar-refractivity contribution in [1.82, 2.24) is 0 Å². The first-order chi connectivity index (χ1) is 38.7. The minimum atomic E-state index is -0.669. The van der Waals surface area contributed by atoms with Crippen molar-refractivity contribution in [3.8, 4) is 39.1 Å². The Kier molecular flexibility index (Phi) is 10.6. The lowest BCUT2D eigenvalue weighted by molar-refractivity contribution is 0.477. The van der Waals surface area contributed by atoms with E-state index in [0.29, 0.717) is 11.8 Å². The van der Waals surface area contributed by atoms with Crippen molar-refractivity contribution >= 4 is 77.6 Å². The lowest BCUT2D eigenvalue weighted by Crippen LogP contribution is -2.26. The van der Waals surface area contributed by atoms with E-state index in [4.69, 9.17) is 4.42 Å². The van der Waals surface area contributed by atoms with Crippen molar-refractivity contribution in [2.75, 3.05) is 9.80 Å². The molecule has 12 aromatic carbocycles. The second-order valence-electron chi connectivity index (χ2n) is 22.1. The van der Waals surface area contributed by atoms with E-state index in [1.807, 2.05) is 24.3 Å². The van der Waals surface area contributed by atoms with Gasteiger partial charge in [-0.3, -0.25) is 0 Å². The molecule has 4 heteroatoms. The fraction of sp³-hybridized carbons (Fsp3) is 0.0933. The zero-order chi connectivity index (χ0) is 53.1. The number of hydrogen-bond donors (Lipinski definition) is 1. The maximum atomic E-state index is 11.2. The highest BCUT2D eigenvalue weighted by Gasteiger charge is 2.52. The van der Waals surface area contributed by atoms with E-state index >= 15 is 0 Å². The van der Waals surface area contributed by atoms with Crippen molar-refractivity contribution < 1.29 is 9.52 Å². The van der Waals surface area contributed by atoms with E-state index in [2.05, 4.69) is 256 Å². The van der Waals surface area contributed by atoms with Crippen LogP contribution in [0.5, 0.6) is 5.75 Å². The zero-order valence-corrected chi connectivity index (χ0v) is 44.6. The van der Waals surface area contributed by atoms with Crippen molar-refractivity contribution in [3.63, 3.8) is 0 Å². The molecule has 0 bridgehead atoms. The lowest BCUT2D eigenvalue weighted by atomic mass is 9.70. The Morgan fingerprint density at radius 1 is 0.367 bits per heavy atom. The average molecular weight is 1020 g/mol. The maximum Gasteiger partial charge on any atom is 0.159 e. The number of nitrogens with zero attached hydrogens (tertiary/aromatic N) is 2. The Labute approximate surface area is 460 Å². The van der Waals surface area contributed by atoms with Gasteiger partial charge in [-0.25, -0.2) is 0 Å². The minimum Gasteiger partial charge on any atom is -0.507 e. The van der Waals surface area contributed by atoms with Gasteiger partial charge in [-0.05, 0) is 174 Å². The highest BCUT2D eigenvalue weighted by atomic mass is 16.3. The molecule has 79 heavy (non-hydrogen) atoms. The van der Waals surface area contributed by atoms with Crippen LogP contribution in [0.2, 0.25) is 0 Å². The third-order valence-electron chi connectivity index (χ3n) is 17.1. The Balaban J connectivity index is 1.000. The van der Waals surface area contributed by atoms with E-state index in [9.17, 15) is 5.11 Å². The van der Waals surface area contributed by atoms with Crippen LogP contribution in [-0.2, 0) is 5.41 Å². The number of furan rings is 1. The van der Waals surface area contributed by atoms with Crippen LogP contribution in [-0.4, -0.2) is 5.11 Å². The minimum absolute atomic E-state index is 0.254. The molecular formula is C75H56N2O2. The van der Waals surface area contributed by atoms with E-state index in [1.54, 1.807) is 6.07 Å². The van der Waals surface area contributed by atoms with Gasteiger partial charge in [0.2, 0.25) is 0 Å². The number of anilines is 6. The zero-order valence-electron chi connectivity index (χ0n) is 44.6. The molecule has 1 aromatic heterocycles. The summed E-state index contributed by atoms with van der Waals surface area (Å²) in [5, 5.41) is 18.1. The fourth-order valence-corrected chi connectivity index (χ4v) is 13.3. The van der Waals surface area contributed by atoms with Gasteiger partial charge in [-0.15, -0.1) is 0 Å². The summed E-state index contributed by atoms with van der Waals surface area (Å²) >= 11 is 0. The van der Waals surface area contributed by atoms with Gasteiger partial charge in [0.1, 0.15) is 11.3 Å². The Bertz CT molecular complexity index is 4540. The number of fused-ring (bicyclic) bond motifs is 16. The van der Waals surface area contributed by atoms with Gasteiger partial charge in [0.25, 0.3) is 0 Å². The van der Waals surface area contributed by atoms with Gasteiger partial charge in [0, 0.05) is 44.5 Å². The van der Waals surface area contributed by atoms with Crippen LogP contribution in [0.15, 0.2) is 253 Å². The summed E-state index contributed by atoms with van der Waals surface area (Å²) in [6, 6.07) is 91.0. The number of para-hydroxylation sites is 3. The summed E-state index contributed by atoms with van der Waals surface area (Å²) < 4.78 is 6.79. The summed E-state index contributed by atoms with van der Waals surface area (Å²) in [6.45, 7) is 9.00. The van der Waals surface area contributed by atoms with Gasteiger partial charge in [-0.1, -0.05) is 191 Å². The average Bonchev–Trinajstić information content (AvgIpc) is 2.97. The molecular weight excluding hydrogens is 961 g/mol. The Morgan fingerprint density at radius 2 is 0.924 bits per heavy atom. The standard InChI is InChI=1S/C75H56N2O2/c1-46(2)48-31-36-53(37-32-48)76(69-28-16-25-63-61-23-10-14-30-72(61)79-74(63)69)56-40-35-50-43-64-67(44-52(50)42-56)75(65-26-11-7-20-58(65)59-21-8-12-27-66(59)75)68-45-70(60-22-5-6-24-62(60)73(64)68)77(54-38-33-49(34-39-54)47(3)4)55-18-15-17-51(41-55)57-19-9-13-29-71(57)78/h5-47,78H,1-4H3. The summed E-state index contributed by atoms with van der Waals surface area (Å²) in [4.78, 5) is 4.82. The molecule has 2 aliphatic rings. The van der Waals surface area contributed by atoms with Gasteiger partial charge >= 0.3 is 0 Å². The van der Waals surface area contributed by atoms with E-state index in [-0.39, 0.29) is 5.75 Å². The van der Waals surface area contributed by atoms with Crippen molar-refractivity contribution in [2.24, 2.45) is 0 Å². The molecule has 0 amide bonds. The third-order valence-corrected chi connectivity index (χ3v) is 17.1. The number of phenolic OH excluding ortho intramolecular Hbond substituents is 1. The molecule has 0 saturated heterocycles. The second kappa shape index (κ2) is 18.0. The Morgan fingerprint density at radius 3 is 1.61 bits per heavy atom. The number of hydrogen-bond acceptors (Lipinski definition) is 4. The molecule has 15 rings (SSSR count). The molecule has 1 heterocycles. The molecule has 0 atom stereocenters. The molecule has 0 fully saturated rings. The summed E-state index contributed by atoms with van der Waals surface area (Å²) in [6.07, 6.45) is 0. The topological polar surface area (TPSA) is 39.9 Å². The van der Waals surface area contributed by atoms with Gasteiger partial charge in [0.15, 0.2) is 5.58 Å². The highest BCUT2D eigenvalue weighted by molar-refractivity contribution is 6.14. The first kappa shape index (κ1) is 46.6. The molecule has 0 unspecified atom stereocenters. The monoisotopic (exact) mass is 1020 g/mol. The van der Waals surface area contributed by atoms with Gasteiger partial charge in [0.05, 0.1) is 16.8 Å². The maximum absolute atomic E-state index is 11.2. The molecule has 2 aliphatic carbocycles. The van der Waals surface area contributed by atoms with Crippen LogP contribution < -0.4 is 9.80 Å². The van der Waals surface area contributed by atoms with E-state index < -0.39 is 5.41 Å². The first-order valence-corrected chi connectivity index (χ1v) is 27.7. The summed E-state index contributed by atoms with van der Waals surface area (Å²) in [5.74, 6) is 1.04. The molecule has 378 valence electrons. The van der Waals surface area contributed by atoms with E-state index in [0.717, 1.165) is 78.0 Å². The summed E-state index contributed by atoms with van der Waals surface area (Å²) in [5.41, 5.74) is 21.7. The van der Waals surface area contributed by atoms with Crippen LogP contribution in [0, 0.1) is 0 Å². The quantitative estimate of drug-likeness (QED) is 0.156. The van der Waals surface area contributed by atoms with Crippen LogP contribution in [0.4, 0.5) is 34.1 Å². The lowest BCUT2D eigenvalue weighted by Gasteiger charge is -2.33. The SMILES string of the molecule is CC(C)c1ccc(N(c2cccc(-c3ccccc3O)c2)c2cc3c(c4ccccc24)-c2cc4ccc(N(c5ccc(C(C)C)cc5)c5cccc6c5oc5ccccc56)cc4cc2C32c3ccccc3-c3ccccc32)cc1. The van der Waals surface area contributed by atoms with Crippen LogP contribution in [0.25, 0.3) is 76.9 Å². The van der Waals surface area contributed by atoms with Crippen LogP contribution in [0.1, 0.15) is 72.9 Å². The first-order valence-electron chi connectivity index (χ1n) is 27.7. The van der Waals surface area contributed by atoms with Crippen molar-refractivity contribution in [2.45, 2.75) is 44.9 Å². The van der Waals surface area contributed by atoms with Gasteiger partial charge in [-0.2, -0.15) is 0 Å². The highest BCUT2D eigenvalue weighted by Crippen LogP contribution is 2.65. The molecule has 0 aliphatic heterocycles. The molecule has 0 radical (unpaired) electrons. The molecule has 0 saturated carbocycles.